The summed E-state index contributed by atoms with van der Waals surface area (Å²) in [6.45, 7) is 11.7. The molecule has 1 fully saturated rings. The van der Waals surface area contributed by atoms with Crippen molar-refractivity contribution in [1.82, 2.24) is 15.1 Å². The number of rotatable bonds is 4. The summed E-state index contributed by atoms with van der Waals surface area (Å²) in [7, 11) is 1.98. The Balaban J connectivity index is 1.93. The Labute approximate surface area is 115 Å². The Hall–Kier alpha value is -0.910. The van der Waals surface area contributed by atoms with Gasteiger partial charge in [0.05, 0.1) is 18.4 Å². The smallest absolute Gasteiger partial charge is 0.163 e. The number of aromatic nitrogens is 2. The van der Waals surface area contributed by atoms with Gasteiger partial charge < -0.3 is 14.8 Å². The maximum atomic E-state index is 5.80. The maximum absolute atomic E-state index is 5.80. The standard InChI is InChI=1S/C14H25N3O2/c1-9(13-10(2)16-17(6)11(13)3)15-7-12-8-18-14(4,5)19-12/h9,12,15H,7-8H2,1-6H3. The lowest BCUT2D eigenvalue weighted by Gasteiger charge is -2.19. The molecule has 2 unspecified atom stereocenters. The fourth-order valence-electron chi connectivity index (χ4n) is 2.69. The molecule has 2 heterocycles. The molecule has 5 nitrogen and oxygen atoms in total. The molecule has 5 heteroatoms. The van der Waals surface area contributed by atoms with Crippen molar-refractivity contribution in [3.05, 3.63) is 17.0 Å². The predicted octanol–water partition coefficient (Wildman–Crippen LogP) is 1.84. The van der Waals surface area contributed by atoms with Gasteiger partial charge in [-0.3, -0.25) is 4.68 Å². The average molecular weight is 267 g/mol. The highest BCUT2D eigenvalue weighted by atomic mass is 16.7. The molecule has 1 aromatic rings. The normalized spacial score (nSPS) is 23.8. The zero-order valence-electron chi connectivity index (χ0n) is 12.8. The number of hydrogen-bond acceptors (Lipinski definition) is 4. The van der Waals surface area contributed by atoms with Gasteiger partial charge in [0.1, 0.15) is 0 Å². The molecule has 1 aliphatic rings. The second-order valence-corrected chi connectivity index (χ2v) is 5.79. The molecule has 0 amide bonds. The summed E-state index contributed by atoms with van der Waals surface area (Å²) >= 11 is 0. The van der Waals surface area contributed by atoms with Crippen LogP contribution in [0.2, 0.25) is 0 Å². The van der Waals surface area contributed by atoms with Crippen LogP contribution >= 0.6 is 0 Å². The van der Waals surface area contributed by atoms with Gasteiger partial charge in [0.15, 0.2) is 5.79 Å². The van der Waals surface area contributed by atoms with Crippen molar-refractivity contribution in [1.29, 1.82) is 0 Å². The van der Waals surface area contributed by atoms with Crippen LogP contribution < -0.4 is 5.32 Å². The van der Waals surface area contributed by atoms with E-state index in [0.29, 0.717) is 6.61 Å². The van der Waals surface area contributed by atoms with E-state index in [1.165, 1.54) is 11.3 Å². The molecule has 1 saturated heterocycles. The van der Waals surface area contributed by atoms with Crippen molar-refractivity contribution in [2.24, 2.45) is 7.05 Å². The maximum Gasteiger partial charge on any atom is 0.163 e. The van der Waals surface area contributed by atoms with Crippen molar-refractivity contribution < 1.29 is 9.47 Å². The summed E-state index contributed by atoms with van der Waals surface area (Å²) in [5.41, 5.74) is 3.58. The Morgan fingerprint density at radius 2 is 2.16 bits per heavy atom. The van der Waals surface area contributed by atoms with Crippen molar-refractivity contribution in [3.8, 4) is 0 Å². The molecule has 0 radical (unpaired) electrons. The SMILES string of the molecule is Cc1nn(C)c(C)c1C(C)NCC1COC(C)(C)O1. The van der Waals surface area contributed by atoms with Crippen molar-refractivity contribution in [3.63, 3.8) is 0 Å². The second-order valence-electron chi connectivity index (χ2n) is 5.79. The lowest BCUT2D eigenvalue weighted by molar-refractivity contribution is -0.137. The summed E-state index contributed by atoms with van der Waals surface area (Å²) in [6, 6.07) is 0.265. The quantitative estimate of drug-likeness (QED) is 0.904. The average Bonchev–Trinajstić information content (AvgIpc) is 2.77. The molecule has 2 rings (SSSR count). The van der Waals surface area contributed by atoms with Crippen LogP contribution in [0, 0.1) is 13.8 Å². The summed E-state index contributed by atoms with van der Waals surface area (Å²) in [5, 5.41) is 7.97. The topological polar surface area (TPSA) is 48.3 Å². The minimum Gasteiger partial charge on any atom is -0.348 e. The molecule has 1 aromatic heterocycles. The van der Waals surface area contributed by atoms with Gasteiger partial charge in [0, 0.05) is 30.9 Å². The van der Waals surface area contributed by atoms with Crippen LogP contribution in [-0.2, 0) is 16.5 Å². The van der Waals surface area contributed by atoms with Gasteiger partial charge in [-0.2, -0.15) is 5.10 Å². The largest absolute Gasteiger partial charge is 0.348 e. The zero-order valence-corrected chi connectivity index (χ0v) is 12.8. The van der Waals surface area contributed by atoms with E-state index in [0.717, 1.165) is 12.2 Å². The first-order valence-electron chi connectivity index (χ1n) is 6.85. The van der Waals surface area contributed by atoms with Gasteiger partial charge >= 0.3 is 0 Å². The van der Waals surface area contributed by atoms with E-state index in [-0.39, 0.29) is 12.1 Å². The van der Waals surface area contributed by atoms with Crippen LogP contribution in [0.4, 0.5) is 0 Å². The summed E-state index contributed by atoms with van der Waals surface area (Å²) in [4.78, 5) is 0. The lowest BCUT2D eigenvalue weighted by atomic mass is 10.1. The third-order valence-electron chi connectivity index (χ3n) is 3.72. The summed E-state index contributed by atoms with van der Waals surface area (Å²) in [6.07, 6.45) is 0.120. The molecule has 0 spiro atoms. The van der Waals surface area contributed by atoms with Crippen LogP contribution in [0.5, 0.6) is 0 Å². The molecule has 0 aliphatic carbocycles. The van der Waals surface area contributed by atoms with Gasteiger partial charge in [0.2, 0.25) is 0 Å². The van der Waals surface area contributed by atoms with Gasteiger partial charge in [-0.05, 0) is 34.6 Å². The number of ether oxygens (including phenoxy) is 2. The molecule has 1 N–H and O–H groups in total. The molecular formula is C14H25N3O2. The summed E-state index contributed by atoms with van der Waals surface area (Å²) in [5.74, 6) is -0.449. The van der Waals surface area contributed by atoms with E-state index in [9.17, 15) is 0 Å². The van der Waals surface area contributed by atoms with Gasteiger partial charge in [-0.25, -0.2) is 0 Å². The van der Waals surface area contributed by atoms with E-state index in [4.69, 9.17) is 9.47 Å². The van der Waals surface area contributed by atoms with E-state index < -0.39 is 5.79 Å². The first-order valence-corrected chi connectivity index (χ1v) is 6.85. The van der Waals surface area contributed by atoms with Gasteiger partial charge in [-0.15, -0.1) is 0 Å². The predicted molar refractivity (Wildman–Crippen MR) is 74.0 cm³/mol. The molecule has 0 aromatic carbocycles. The fraction of sp³-hybridized carbons (Fsp3) is 0.786. The Kier molecular flexibility index (Phi) is 3.99. The van der Waals surface area contributed by atoms with Gasteiger partial charge in [0.25, 0.3) is 0 Å². The molecule has 0 bridgehead atoms. The highest BCUT2D eigenvalue weighted by Gasteiger charge is 2.32. The summed E-state index contributed by atoms with van der Waals surface area (Å²) < 4.78 is 13.3. The van der Waals surface area contributed by atoms with Crippen molar-refractivity contribution in [2.45, 2.75) is 52.6 Å². The molecule has 0 saturated carbocycles. The molecule has 19 heavy (non-hydrogen) atoms. The number of hydrogen-bond donors (Lipinski definition) is 1. The fourth-order valence-corrected chi connectivity index (χ4v) is 2.69. The lowest BCUT2D eigenvalue weighted by Crippen LogP contribution is -2.32. The van der Waals surface area contributed by atoms with Crippen LogP contribution in [0.3, 0.4) is 0 Å². The Morgan fingerprint density at radius 1 is 1.47 bits per heavy atom. The Morgan fingerprint density at radius 3 is 2.63 bits per heavy atom. The molecular weight excluding hydrogens is 242 g/mol. The van der Waals surface area contributed by atoms with Crippen LogP contribution in [0.1, 0.15) is 43.8 Å². The third kappa shape index (κ3) is 3.16. The monoisotopic (exact) mass is 267 g/mol. The van der Waals surface area contributed by atoms with Crippen LogP contribution in [-0.4, -0.2) is 34.8 Å². The van der Waals surface area contributed by atoms with E-state index in [2.05, 4.69) is 31.2 Å². The highest BCUT2D eigenvalue weighted by Crippen LogP contribution is 2.24. The van der Waals surface area contributed by atoms with Crippen molar-refractivity contribution >= 4 is 0 Å². The first kappa shape index (κ1) is 14.5. The molecule has 1 aliphatic heterocycles. The minimum absolute atomic E-state index is 0.120. The van der Waals surface area contributed by atoms with E-state index in [1.54, 1.807) is 0 Å². The van der Waals surface area contributed by atoms with E-state index >= 15 is 0 Å². The molecule has 108 valence electrons. The minimum atomic E-state index is -0.449. The first-order chi connectivity index (χ1) is 8.80. The number of nitrogens with zero attached hydrogens (tertiary/aromatic N) is 2. The molecule has 2 atom stereocenters. The third-order valence-corrected chi connectivity index (χ3v) is 3.72. The highest BCUT2D eigenvalue weighted by molar-refractivity contribution is 5.27. The zero-order chi connectivity index (χ0) is 14.2. The Bertz CT molecular complexity index is 454. The van der Waals surface area contributed by atoms with Gasteiger partial charge in [-0.1, -0.05) is 0 Å². The van der Waals surface area contributed by atoms with Crippen molar-refractivity contribution in [2.75, 3.05) is 13.2 Å². The van der Waals surface area contributed by atoms with E-state index in [1.807, 2.05) is 25.6 Å². The number of aryl methyl sites for hydroxylation is 2. The second kappa shape index (κ2) is 5.23. The van der Waals surface area contributed by atoms with Crippen LogP contribution in [0.15, 0.2) is 0 Å². The van der Waals surface area contributed by atoms with Crippen LogP contribution in [0.25, 0.3) is 0 Å². The number of nitrogens with one attached hydrogen (secondary N) is 1.